The van der Waals surface area contributed by atoms with E-state index in [4.69, 9.17) is 10.5 Å². The summed E-state index contributed by atoms with van der Waals surface area (Å²) in [4.78, 5) is 15.6. The van der Waals surface area contributed by atoms with Gasteiger partial charge in [-0.3, -0.25) is 4.79 Å². The Balaban J connectivity index is 2.48. The zero-order valence-corrected chi connectivity index (χ0v) is 11.0. The lowest BCUT2D eigenvalue weighted by Gasteiger charge is -2.13. The summed E-state index contributed by atoms with van der Waals surface area (Å²) in [6, 6.07) is 3.06. The maximum atomic E-state index is 12.9. The predicted molar refractivity (Wildman–Crippen MR) is 70.1 cm³/mol. The third kappa shape index (κ3) is 3.15. The molecule has 21 heavy (non-hydrogen) atoms. The first-order chi connectivity index (χ1) is 9.82. The fourth-order valence-electron chi connectivity index (χ4n) is 1.71. The lowest BCUT2D eigenvalue weighted by molar-refractivity contribution is -0.138. The quantitative estimate of drug-likeness (QED) is 0.885. The molecule has 8 heteroatoms. The van der Waals surface area contributed by atoms with Gasteiger partial charge in [0.15, 0.2) is 0 Å². The van der Waals surface area contributed by atoms with Gasteiger partial charge in [-0.15, -0.1) is 0 Å². The highest BCUT2D eigenvalue weighted by atomic mass is 19.4. The van der Waals surface area contributed by atoms with E-state index in [1.165, 1.54) is 23.0 Å². The van der Waals surface area contributed by atoms with Crippen molar-refractivity contribution < 1.29 is 17.9 Å². The summed E-state index contributed by atoms with van der Waals surface area (Å²) in [5.41, 5.74) is 3.64. The van der Waals surface area contributed by atoms with Crippen LogP contribution in [0, 0.1) is 0 Å². The number of nitrogens with two attached hydrogens (primary N) is 1. The summed E-state index contributed by atoms with van der Waals surface area (Å²) < 4.78 is 45.1. The Hall–Kier alpha value is -2.51. The van der Waals surface area contributed by atoms with Gasteiger partial charge in [0, 0.05) is 24.6 Å². The molecule has 0 spiro atoms. The number of hydrogen-bond donors (Lipinski definition) is 1. The third-order valence-electron chi connectivity index (χ3n) is 2.74. The summed E-state index contributed by atoms with van der Waals surface area (Å²) in [6.45, 7) is 2.07. The van der Waals surface area contributed by atoms with Crippen LogP contribution in [0.5, 0.6) is 11.6 Å². The molecule has 5 nitrogen and oxygen atoms in total. The molecule has 0 saturated carbocycles. The van der Waals surface area contributed by atoms with Crippen LogP contribution in [-0.4, -0.2) is 9.55 Å². The molecule has 2 aromatic rings. The summed E-state index contributed by atoms with van der Waals surface area (Å²) in [6.07, 6.45) is -1.95. The van der Waals surface area contributed by atoms with Crippen molar-refractivity contribution in [3.05, 3.63) is 46.5 Å². The number of aromatic nitrogens is 2. The zero-order valence-electron chi connectivity index (χ0n) is 11.0. The van der Waals surface area contributed by atoms with Crippen molar-refractivity contribution in [2.75, 3.05) is 5.73 Å². The van der Waals surface area contributed by atoms with E-state index in [1.807, 2.05) is 0 Å². The van der Waals surface area contributed by atoms with Crippen LogP contribution in [0.25, 0.3) is 0 Å². The largest absolute Gasteiger partial charge is 0.434 e. The van der Waals surface area contributed by atoms with Gasteiger partial charge in [0.25, 0.3) is 5.88 Å². The van der Waals surface area contributed by atoms with Gasteiger partial charge in [0.1, 0.15) is 11.3 Å². The fourth-order valence-corrected chi connectivity index (χ4v) is 1.71. The van der Waals surface area contributed by atoms with Crippen molar-refractivity contribution >= 4 is 5.69 Å². The molecule has 0 aliphatic rings. The number of hydrogen-bond acceptors (Lipinski definition) is 4. The number of aryl methyl sites for hydroxylation is 1. The lowest BCUT2D eigenvalue weighted by atomic mass is 10.1. The van der Waals surface area contributed by atoms with Crippen molar-refractivity contribution in [1.82, 2.24) is 9.55 Å². The Kier molecular flexibility index (Phi) is 3.88. The number of ether oxygens (including phenoxy) is 1. The third-order valence-corrected chi connectivity index (χ3v) is 2.74. The highest BCUT2D eigenvalue weighted by Crippen LogP contribution is 2.38. The summed E-state index contributed by atoms with van der Waals surface area (Å²) >= 11 is 0. The average molecular weight is 299 g/mol. The SMILES string of the molecule is CCn1ccnc(Oc2ccc(N)cc2C(F)(F)F)c1=O. The monoisotopic (exact) mass is 299 g/mol. The van der Waals surface area contributed by atoms with E-state index in [1.54, 1.807) is 6.92 Å². The van der Waals surface area contributed by atoms with Crippen molar-refractivity contribution in [1.29, 1.82) is 0 Å². The number of anilines is 1. The van der Waals surface area contributed by atoms with E-state index in [0.29, 0.717) is 6.54 Å². The van der Waals surface area contributed by atoms with Crippen LogP contribution in [0.1, 0.15) is 12.5 Å². The average Bonchev–Trinajstić information content (AvgIpc) is 2.42. The second kappa shape index (κ2) is 5.47. The molecule has 0 saturated heterocycles. The van der Waals surface area contributed by atoms with Crippen LogP contribution in [0.4, 0.5) is 18.9 Å². The topological polar surface area (TPSA) is 70.1 Å². The van der Waals surface area contributed by atoms with Crippen LogP contribution >= 0.6 is 0 Å². The van der Waals surface area contributed by atoms with Crippen LogP contribution in [0.15, 0.2) is 35.4 Å². The second-order valence-corrected chi connectivity index (χ2v) is 4.18. The fraction of sp³-hybridized carbons (Fsp3) is 0.231. The normalized spacial score (nSPS) is 11.4. The number of halogens is 3. The molecule has 0 amide bonds. The standard InChI is InChI=1S/C13H12F3N3O2/c1-2-19-6-5-18-11(12(19)20)21-10-4-3-8(17)7-9(10)13(14,15)16/h3-7H,2,17H2,1H3. The molecule has 0 atom stereocenters. The molecular formula is C13H12F3N3O2. The summed E-state index contributed by atoms with van der Waals surface area (Å²) in [7, 11) is 0. The molecular weight excluding hydrogens is 287 g/mol. The number of nitrogen functional groups attached to an aromatic ring is 1. The molecule has 2 rings (SSSR count). The van der Waals surface area contributed by atoms with Crippen LogP contribution < -0.4 is 16.0 Å². The molecule has 0 radical (unpaired) electrons. The number of benzene rings is 1. The Morgan fingerprint density at radius 1 is 1.38 bits per heavy atom. The van der Waals surface area contributed by atoms with E-state index in [2.05, 4.69) is 4.98 Å². The van der Waals surface area contributed by atoms with Gasteiger partial charge in [0.2, 0.25) is 0 Å². The highest BCUT2D eigenvalue weighted by molar-refractivity contribution is 5.49. The van der Waals surface area contributed by atoms with E-state index in [0.717, 1.165) is 12.1 Å². The maximum absolute atomic E-state index is 12.9. The molecule has 1 heterocycles. The van der Waals surface area contributed by atoms with Crippen molar-refractivity contribution in [3.63, 3.8) is 0 Å². The first kappa shape index (κ1) is 14.9. The Morgan fingerprint density at radius 3 is 2.71 bits per heavy atom. The van der Waals surface area contributed by atoms with Gasteiger partial charge < -0.3 is 15.0 Å². The van der Waals surface area contributed by atoms with Gasteiger partial charge in [0.05, 0.1) is 0 Å². The van der Waals surface area contributed by atoms with Crippen LogP contribution in [0.3, 0.4) is 0 Å². The smallest absolute Gasteiger partial charge is 0.420 e. The van der Waals surface area contributed by atoms with E-state index < -0.39 is 28.9 Å². The molecule has 0 aliphatic heterocycles. The minimum absolute atomic E-state index is 0.0540. The van der Waals surface area contributed by atoms with Crippen LogP contribution in [-0.2, 0) is 12.7 Å². The van der Waals surface area contributed by atoms with Gasteiger partial charge >= 0.3 is 11.7 Å². The van der Waals surface area contributed by atoms with Gasteiger partial charge in [-0.1, -0.05) is 0 Å². The minimum atomic E-state index is -4.65. The first-order valence-electron chi connectivity index (χ1n) is 6.03. The van der Waals surface area contributed by atoms with Gasteiger partial charge in [-0.25, -0.2) is 4.98 Å². The number of rotatable bonds is 3. The Labute approximate surface area is 117 Å². The molecule has 112 valence electrons. The molecule has 1 aromatic heterocycles. The number of alkyl halides is 3. The lowest BCUT2D eigenvalue weighted by Crippen LogP contribution is -2.21. The molecule has 0 bridgehead atoms. The molecule has 0 unspecified atom stereocenters. The summed E-state index contributed by atoms with van der Waals surface area (Å²) in [5, 5.41) is 0. The van der Waals surface area contributed by atoms with Gasteiger partial charge in [-0.2, -0.15) is 13.2 Å². The molecule has 0 fully saturated rings. The highest BCUT2D eigenvalue weighted by Gasteiger charge is 2.35. The first-order valence-corrected chi connectivity index (χ1v) is 6.03. The van der Waals surface area contributed by atoms with Crippen molar-refractivity contribution in [2.24, 2.45) is 0 Å². The maximum Gasteiger partial charge on any atom is 0.420 e. The van der Waals surface area contributed by atoms with Gasteiger partial charge in [-0.05, 0) is 25.1 Å². The molecule has 0 aliphatic carbocycles. The summed E-state index contributed by atoms with van der Waals surface area (Å²) in [5.74, 6) is -0.940. The van der Waals surface area contributed by atoms with Crippen molar-refractivity contribution in [3.8, 4) is 11.6 Å². The van der Waals surface area contributed by atoms with E-state index in [9.17, 15) is 18.0 Å². The van der Waals surface area contributed by atoms with Crippen molar-refractivity contribution in [2.45, 2.75) is 19.6 Å². The van der Waals surface area contributed by atoms with E-state index >= 15 is 0 Å². The van der Waals surface area contributed by atoms with E-state index in [-0.39, 0.29) is 5.69 Å². The Morgan fingerprint density at radius 2 is 2.10 bits per heavy atom. The predicted octanol–water partition coefficient (Wildman–Crippen LogP) is 2.66. The molecule has 2 N–H and O–H groups in total. The van der Waals surface area contributed by atoms with Crippen LogP contribution in [0.2, 0.25) is 0 Å². The number of nitrogens with zero attached hydrogens (tertiary/aromatic N) is 2. The molecule has 1 aromatic carbocycles. The zero-order chi connectivity index (χ0) is 15.6. The Bertz CT molecular complexity index is 711. The minimum Gasteiger partial charge on any atom is -0.434 e. The second-order valence-electron chi connectivity index (χ2n) is 4.18.